The molecule has 0 spiro atoms. The SMILES string of the molecule is CC(CCCl)CNC(=O)c1cc(F)cc(F)c1. The van der Waals surface area contributed by atoms with Crippen LogP contribution in [0.5, 0.6) is 0 Å². The van der Waals surface area contributed by atoms with E-state index in [0.29, 0.717) is 12.4 Å². The Kier molecular flexibility index (Phi) is 5.35. The summed E-state index contributed by atoms with van der Waals surface area (Å²) in [6.07, 6.45) is 0.777. The molecule has 0 radical (unpaired) electrons. The highest BCUT2D eigenvalue weighted by molar-refractivity contribution is 6.17. The molecule has 0 bridgehead atoms. The molecule has 0 aliphatic heterocycles. The molecule has 0 aliphatic carbocycles. The Bertz CT molecular complexity index is 378. The van der Waals surface area contributed by atoms with E-state index in [0.717, 1.165) is 24.6 Å². The van der Waals surface area contributed by atoms with Crippen molar-refractivity contribution >= 4 is 17.5 Å². The summed E-state index contributed by atoms with van der Waals surface area (Å²) >= 11 is 5.56. The summed E-state index contributed by atoms with van der Waals surface area (Å²) in [5.74, 6) is -1.25. The minimum Gasteiger partial charge on any atom is -0.352 e. The number of carbonyl (C=O) groups excluding carboxylic acids is 1. The van der Waals surface area contributed by atoms with Crippen LogP contribution in [0, 0.1) is 17.6 Å². The van der Waals surface area contributed by atoms with Gasteiger partial charge >= 0.3 is 0 Å². The van der Waals surface area contributed by atoms with Gasteiger partial charge in [0.2, 0.25) is 0 Å². The van der Waals surface area contributed by atoms with Gasteiger partial charge in [-0.1, -0.05) is 6.92 Å². The number of alkyl halides is 1. The topological polar surface area (TPSA) is 29.1 Å². The first-order chi connectivity index (χ1) is 8.02. The summed E-state index contributed by atoms with van der Waals surface area (Å²) < 4.78 is 25.7. The molecule has 1 atom stereocenters. The summed E-state index contributed by atoms with van der Waals surface area (Å²) in [5, 5.41) is 2.61. The summed E-state index contributed by atoms with van der Waals surface area (Å²) in [5.41, 5.74) is -0.0134. The van der Waals surface area contributed by atoms with Gasteiger partial charge < -0.3 is 5.32 Å². The Labute approximate surface area is 104 Å². The first kappa shape index (κ1) is 13.9. The minimum atomic E-state index is -0.760. The first-order valence-corrected chi connectivity index (χ1v) is 5.86. The number of amides is 1. The van der Waals surface area contributed by atoms with Gasteiger partial charge in [-0.2, -0.15) is 0 Å². The van der Waals surface area contributed by atoms with Crippen LogP contribution in [0.2, 0.25) is 0 Å². The third-order valence-corrected chi connectivity index (χ3v) is 2.56. The van der Waals surface area contributed by atoms with Gasteiger partial charge in [-0.05, 0) is 24.5 Å². The van der Waals surface area contributed by atoms with Crippen LogP contribution in [-0.2, 0) is 0 Å². The van der Waals surface area contributed by atoms with Crippen molar-refractivity contribution in [2.45, 2.75) is 13.3 Å². The maximum atomic E-state index is 12.9. The van der Waals surface area contributed by atoms with Gasteiger partial charge in [-0.15, -0.1) is 11.6 Å². The smallest absolute Gasteiger partial charge is 0.251 e. The first-order valence-electron chi connectivity index (χ1n) is 5.33. The van der Waals surface area contributed by atoms with E-state index in [1.54, 1.807) is 0 Å². The highest BCUT2D eigenvalue weighted by Crippen LogP contribution is 2.08. The molecule has 94 valence electrons. The molecule has 0 saturated heterocycles. The van der Waals surface area contributed by atoms with E-state index in [-0.39, 0.29) is 11.5 Å². The molecule has 0 aliphatic rings. The van der Waals surface area contributed by atoms with Crippen molar-refractivity contribution in [3.05, 3.63) is 35.4 Å². The van der Waals surface area contributed by atoms with Crippen LogP contribution in [-0.4, -0.2) is 18.3 Å². The number of hydrogen-bond acceptors (Lipinski definition) is 1. The van der Waals surface area contributed by atoms with Crippen molar-refractivity contribution in [3.63, 3.8) is 0 Å². The molecule has 1 unspecified atom stereocenters. The lowest BCUT2D eigenvalue weighted by atomic mass is 10.1. The van der Waals surface area contributed by atoms with Crippen molar-refractivity contribution in [1.29, 1.82) is 0 Å². The Hall–Kier alpha value is -1.16. The van der Waals surface area contributed by atoms with Gasteiger partial charge in [-0.3, -0.25) is 4.79 Å². The van der Waals surface area contributed by atoms with Gasteiger partial charge in [0.15, 0.2) is 0 Å². The number of hydrogen-bond donors (Lipinski definition) is 1. The summed E-state index contributed by atoms with van der Waals surface area (Å²) in [6, 6.07) is 2.74. The van der Waals surface area contributed by atoms with E-state index in [1.807, 2.05) is 6.92 Å². The van der Waals surface area contributed by atoms with Gasteiger partial charge in [0, 0.05) is 24.1 Å². The lowest BCUT2D eigenvalue weighted by molar-refractivity contribution is 0.0947. The third kappa shape index (κ3) is 4.69. The number of rotatable bonds is 5. The zero-order chi connectivity index (χ0) is 12.8. The van der Waals surface area contributed by atoms with Crippen LogP contribution in [0.15, 0.2) is 18.2 Å². The molecule has 1 aromatic carbocycles. The maximum absolute atomic E-state index is 12.9. The quantitative estimate of drug-likeness (QED) is 0.812. The van der Waals surface area contributed by atoms with Gasteiger partial charge in [0.05, 0.1) is 0 Å². The van der Waals surface area contributed by atoms with Crippen LogP contribution in [0.4, 0.5) is 8.78 Å². The number of carbonyl (C=O) groups is 1. The molecule has 1 rings (SSSR count). The molecule has 2 nitrogen and oxygen atoms in total. The maximum Gasteiger partial charge on any atom is 0.251 e. The Balaban J connectivity index is 2.58. The van der Waals surface area contributed by atoms with Crippen molar-refractivity contribution < 1.29 is 13.6 Å². The molecule has 1 amide bonds. The van der Waals surface area contributed by atoms with E-state index in [1.165, 1.54) is 0 Å². The fourth-order valence-corrected chi connectivity index (χ4v) is 1.71. The van der Waals surface area contributed by atoms with E-state index < -0.39 is 17.5 Å². The Morgan fingerprint density at radius 3 is 2.47 bits per heavy atom. The van der Waals surface area contributed by atoms with Gasteiger partial charge in [0.1, 0.15) is 11.6 Å². The van der Waals surface area contributed by atoms with Crippen molar-refractivity contribution in [3.8, 4) is 0 Å². The van der Waals surface area contributed by atoms with E-state index >= 15 is 0 Å². The predicted octanol–water partition coefficient (Wildman–Crippen LogP) is 2.96. The summed E-state index contributed by atoms with van der Waals surface area (Å²) in [4.78, 5) is 11.6. The van der Waals surface area contributed by atoms with Crippen molar-refractivity contribution in [1.82, 2.24) is 5.32 Å². The Morgan fingerprint density at radius 2 is 1.94 bits per heavy atom. The van der Waals surface area contributed by atoms with Crippen molar-refractivity contribution in [2.75, 3.05) is 12.4 Å². The standard InChI is InChI=1S/C12H14ClF2NO/c1-8(2-3-13)7-16-12(17)9-4-10(14)6-11(15)5-9/h4-6,8H,2-3,7H2,1H3,(H,16,17). The van der Waals surface area contributed by atoms with Gasteiger partial charge in [0.25, 0.3) is 5.91 Å². The molecule has 0 saturated carbocycles. The second-order valence-electron chi connectivity index (χ2n) is 3.95. The zero-order valence-corrected chi connectivity index (χ0v) is 10.2. The highest BCUT2D eigenvalue weighted by atomic mass is 35.5. The van der Waals surface area contributed by atoms with Crippen molar-refractivity contribution in [2.24, 2.45) is 5.92 Å². The second-order valence-corrected chi connectivity index (χ2v) is 4.33. The van der Waals surface area contributed by atoms with Crippen LogP contribution in [0.1, 0.15) is 23.7 Å². The molecule has 17 heavy (non-hydrogen) atoms. The minimum absolute atomic E-state index is 0.0134. The highest BCUT2D eigenvalue weighted by Gasteiger charge is 2.10. The van der Waals surface area contributed by atoms with E-state index in [2.05, 4.69) is 5.32 Å². The number of nitrogens with one attached hydrogen (secondary N) is 1. The van der Waals surface area contributed by atoms with E-state index in [9.17, 15) is 13.6 Å². The molecule has 0 heterocycles. The summed E-state index contributed by atoms with van der Waals surface area (Å²) in [7, 11) is 0. The average molecular weight is 262 g/mol. The molecular formula is C12H14ClF2NO. The normalized spacial score (nSPS) is 12.2. The van der Waals surface area contributed by atoms with Crippen LogP contribution < -0.4 is 5.32 Å². The lowest BCUT2D eigenvalue weighted by Crippen LogP contribution is -2.28. The molecule has 5 heteroatoms. The average Bonchev–Trinajstić information content (AvgIpc) is 2.25. The van der Waals surface area contributed by atoms with Crippen LogP contribution in [0.3, 0.4) is 0 Å². The predicted molar refractivity (Wildman–Crippen MR) is 63.2 cm³/mol. The second kappa shape index (κ2) is 6.55. The van der Waals surface area contributed by atoms with Crippen LogP contribution >= 0.6 is 11.6 Å². The monoisotopic (exact) mass is 261 g/mol. The fourth-order valence-electron chi connectivity index (χ4n) is 1.34. The van der Waals surface area contributed by atoms with E-state index in [4.69, 9.17) is 11.6 Å². The lowest BCUT2D eigenvalue weighted by Gasteiger charge is -2.11. The largest absolute Gasteiger partial charge is 0.352 e. The zero-order valence-electron chi connectivity index (χ0n) is 9.47. The third-order valence-electron chi connectivity index (χ3n) is 2.34. The number of benzene rings is 1. The Morgan fingerprint density at radius 1 is 1.35 bits per heavy atom. The van der Waals surface area contributed by atoms with Gasteiger partial charge in [-0.25, -0.2) is 8.78 Å². The summed E-state index contributed by atoms with van der Waals surface area (Å²) in [6.45, 7) is 2.37. The number of halogens is 3. The molecular weight excluding hydrogens is 248 g/mol. The van der Waals surface area contributed by atoms with Crippen LogP contribution in [0.25, 0.3) is 0 Å². The molecule has 0 aromatic heterocycles. The fraction of sp³-hybridized carbons (Fsp3) is 0.417. The molecule has 1 N–H and O–H groups in total. The molecule has 1 aromatic rings. The molecule has 0 fully saturated rings.